The lowest BCUT2D eigenvalue weighted by atomic mass is 10.1. The van der Waals surface area contributed by atoms with Crippen LogP contribution in [0.3, 0.4) is 0 Å². The van der Waals surface area contributed by atoms with Crippen LogP contribution in [0.15, 0.2) is 59.1 Å². The van der Waals surface area contributed by atoms with Crippen molar-refractivity contribution in [3.8, 4) is 11.5 Å². The summed E-state index contributed by atoms with van der Waals surface area (Å²) >= 11 is 15.6. The normalized spacial score (nSPS) is 10.6. The fourth-order valence-electron chi connectivity index (χ4n) is 3.00. The Labute approximate surface area is 211 Å². The zero-order valence-electron chi connectivity index (χ0n) is 18.1. The Morgan fingerprint density at radius 3 is 2.33 bits per heavy atom. The minimum absolute atomic E-state index is 0.196. The minimum Gasteiger partial charge on any atom is -0.492 e. The third kappa shape index (κ3) is 6.97. The van der Waals surface area contributed by atoms with Gasteiger partial charge in [0, 0.05) is 27.7 Å². The summed E-state index contributed by atoms with van der Waals surface area (Å²) in [5, 5.41) is 4.07. The molecular formula is C25H22BrCl2NO4. The molecular weight excluding hydrogens is 529 g/mol. The van der Waals surface area contributed by atoms with Crippen molar-refractivity contribution in [2.45, 2.75) is 26.7 Å². The second-order valence-electron chi connectivity index (χ2n) is 7.36. The highest BCUT2D eigenvalue weighted by Gasteiger charge is 2.12. The molecule has 0 aliphatic rings. The highest BCUT2D eigenvalue weighted by molar-refractivity contribution is 9.10. The van der Waals surface area contributed by atoms with E-state index in [1.807, 2.05) is 19.9 Å². The number of anilines is 1. The van der Waals surface area contributed by atoms with Crippen molar-refractivity contribution in [2.24, 2.45) is 0 Å². The van der Waals surface area contributed by atoms with Gasteiger partial charge in [-0.25, -0.2) is 0 Å². The highest BCUT2D eigenvalue weighted by atomic mass is 79.9. The van der Waals surface area contributed by atoms with E-state index in [1.165, 1.54) is 0 Å². The number of halogens is 3. The average Bonchev–Trinajstić information content (AvgIpc) is 2.80. The molecule has 0 spiro atoms. The third-order valence-electron chi connectivity index (χ3n) is 4.80. The largest absolute Gasteiger partial charge is 0.492 e. The van der Waals surface area contributed by atoms with E-state index in [1.54, 1.807) is 48.5 Å². The van der Waals surface area contributed by atoms with Crippen molar-refractivity contribution in [2.75, 3.05) is 11.9 Å². The Kier molecular flexibility index (Phi) is 8.78. The molecule has 0 radical (unpaired) electrons. The summed E-state index contributed by atoms with van der Waals surface area (Å²) in [4.78, 5) is 24.5. The van der Waals surface area contributed by atoms with Gasteiger partial charge in [-0.2, -0.15) is 0 Å². The van der Waals surface area contributed by atoms with E-state index in [2.05, 4.69) is 21.2 Å². The molecule has 33 heavy (non-hydrogen) atoms. The summed E-state index contributed by atoms with van der Waals surface area (Å²) in [6, 6.07) is 15.1. The van der Waals surface area contributed by atoms with Crippen LogP contribution in [0.5, 0.6) is 11.5 Å². The average molecular weight is 551 g/mol. The lowest BCUT2D eigenvalue weighted by molar-refractivity contribution is -0.134. The quantitative estimate of drug-likeness (QED) is 0.180. The van der Waals surface area contributed by atoms with Crippen LogP contribution in [0.25, 0.3) is 0 Å². The van der Waals surface area contributed by atoms with Crippen molar-refractivity contribution in [3.63, 3.8) is 0 Å². The van der Waals surface area contributed by atoms with Gasteiger partial charge in [-0.1, -0.05) is 23.2 Å². The van der Waals surface area contributed by atoms with Crippen molar-refractivity contribution in [1.29, 1.82) is 0 Å². The molecule has 0 fully saturated rings. The highest BCUT2D eigenvalue weighted by Crippen LogP contribution is 2.35. The molecule has 0 bridgehead atoms. The maximum absolute atomic E-state index is 12.3. The number of ether oxygens (including phenoxy) is 2. The van der Waals surface area contributed by atoms with Crippen molar-refractivity contribution < 1.29 is 19.1 Å². The molecule has 8 heteroatoms. The molecule has 0 saturated carbocycles. The zero-order chi connectivity index (χ0) is 24.0. The van der Waals surface area contributed by atoms with Crippen LogP contribution in [0.1, 0.15) is 34.3 Å². The maximum atomic E-state index is 12.3. The van der Waals surface area contributed by atoms with E-state index in [9.17, 15) is 9.59 Å². The SMILES string of the molecule is Cc1cc(OCCCC(=O)Oc2ccc(C(=O)Nc3ccc(Cl)cc3)cc2)c(Br)c(C)c1Cl. The maximum Gasteiger partial charge on any atom is 0.311 e. The molecule has 0 aliphatic carbocycles. The van der Waals surface area contributed by atoms with Crippen molar-refractivity contribution in [1.82, 2.24) is 0 Å². The molecule has 172 valence electrons. The van der Waals surface area contributed by atoms with Crippen LogP contribution in [0, 0.1) is 13.8 Å². The second kappa shape index (κ2) is 11.5. The number of benzene rings is 3. The zero-order valence-corrected chi connectivity index (χ0v) is 21.2. The van der Waals surface area contributed by atoms with Gasteiger partial charge in [0.1, 0.15) is 11.5 Å². The van der Waals surface area contributed by atoms with Crippen LogP contribution in [0.2, 0.25) is 10.0 Å². The van der Waals surface area contributed by atoms with Gasteiger partial charge >= 0.3 is 5.97 Å². The number of esters is 1. The summed E-state index contributed by atoms with van der Waals surface area (Å²) in [5.74, 6) is 0.413. The summed E-state index contributed by atoms with van der Waals surface area (Å²) in [6.07, 6.45) is 0.690. The van der Waals surface area contributed by atoms with Gasteiger partial charge in [0.15, 0.2) is 0 Å². The Hall–Kier alpha value is -2.54. The number of hydrogen-bond acceptors (Lipinski definition) is 4. The van der Waals surface area contributed by atoms with E-state index in [4.69, 9.17) is 32.7 Å². The second-order valence-corrected chi connectivity index (χ2v) is 8.96. The number of rotatable bonds is 8. The summed E-state index contributed by atoms with van der Waals surface area (Å²) in [7, 11) is 0. The molecule has 1 N–H and O–H groups in total. The summed E-state index contributed by atoms with van der Waals surface area (Å²) < 4.78 is 11.9. The van der Waals surface area contributed by atoms with E-state index in [-0.39, 0.29) is 18.3 Å². The lowest BCUT2D eigenvalue weighted by Crippen LogP contribution is -2.12. The molecule has 0 heterocycles. The monoisotopic (exact) mass is 549 g/mol. The Morgan fingerprint density at radius 2 is 1.67 bits per heavy atom. The standard InChI is InChI=1S/C25H22BrCl2NO4/c1-15-14-21(23(26)16(2)24(15)28)32-13-3-4-22(30)33-20-11-5-17(6-12-20)25(31)29-19-9-7-18(27)8-10-19/h5-12,14H,3-4,13H2,1-2H3,(H,29,31). The first-order valence-electron chi connectivity index (χ1n) is 10.2. The van der Waals surface area contributed by atoms with Gasteiger partial charge in [-0.3, -0.25) is 9.59 Å². The minimum atomic E-state index is -0.375. The number of carbonyl (C=O) groups is 2. The van der Waals surface area contributed by atoms with Crippen LogP contribution >= 0.6 is 39.1 Å². The van der Waals surface area contributed by atoms with Crippen LogP contribution in [0.4, 0.5) is 5.69 Å². The first-order chi connectivity index (χ1) is 15.7. The Morgan fingerprint density at radius 1 is 1.00 bits per heavy atom. The number of aryl methyl sites for hydroxylation is 1. The molecule has 1 amide bonds. The molecule has 0 aliphatic heterocycles. The van der Waals surface area contributed by atoms with E-state index in [0.29, 0.717) is 45.8 Å². The van der Waals surface area contributed by atoms with Gasteiger partial charge in [0.2, 0.25) is 0 Å². The van der Waals surface area contributed by atoms with Gasteiger partial charge in [-0.15, -0.1) is 0 Å². The number of amides is 1. The fraction of sp³-hybridized carbons (Fsp3) is 0.200. The smallest absolute Gasteiger partial charge is 0.311 e. The predicted molar refractivity (Wildman–Crippen MR) is 135 cm³/mol. The molecule has 3 aromatic carbocycles. The summed E-state index contributed by atoms with van der Waals surface area (Å²) in [6.45, 7) is 4.19. The molecule has 3 aromatic rings. The van der Waals surface area contributed by atoms with E-state index in [0.717, 1.165) is 15.6 Å². The van der Waals surface area contributed by atoms with Gasteiger partial charge in [0.25, 0.3) is 5.91 Å². The lowest BCUT2D eigenvalue weighted by Gasteiger charge is -2.13. The molecule has 3 rings (SSSR count). The molecule has 0 saturated heterocycles. The molecule has 0 atom stereocenters. The first kappa shape index (κ1) is 25.1. The van der Waals surface area contributed by atoms with Crippen molar-refractivity contribution >= 4 is 56.7 Å². The number of nitrogens with one attached hydrogen (secondary N) is 1. The molecule has 0 unspecified atom stereocenters. The Bertz CT molecular complexity index is 1150. The first-order valence-corrected chi connectivity index (χ1v) is 11.7. The van der Waals surface area contributed by atoms with Gasteiger partial charge < -0.3 is 14.8 Å². The van der Waals surface area contributed by atoms with Crippen LogP contribution in [-0.4, -0.2) is 18.5 Å². The summed E-state index contributed by atoms with van der Waals surface area (Å²) in [5.41, 5.74) is 2.92. The van der Waals surface area contributed by atoms with E-state index >= 15 is 0 Å². The van der Waals surface area contributed by atoms with Crippen molar-refractivity contribution in [3.05, 3.63) is 85.8 Å². The molecule has 0 aromatic heterocycles. The van der Waals surface area contributed by atoms with Crippen LogP contribution in [-0.2, 0) is 4.79 Å². The van der Waals surface area contributed by atoms with E-state index < -0.39 is 0 Å². The topological polar surface area (TPSA) is 64.6 Å². The Balaban J connectivity index is 1.45. The fourth-order valence-corrected chi connectivity index (χ4v) is 3.81. The molecule has 5 nitrogen and oxygen atoms in total. The number of carbonyl (C=O) groups excluding carboxylic acids is 2. The third-order valence-corrected chi connectivity index (χ3v) is 6.62. The van der Waals surface area contributed by atoms with Crippen LogP contribution < -0.4 is 14.8 Å². The van der Waals surface area contributed by atoms with Gasteiger partial charge in [-0.05, 0) is 102 Å². The number of hydrogen-bond donors (Lipinski definition) is 1. The van der Waals surface area contributed by atoms with Gasteiger partial charge in [0.05, 0.1) is 11.1 Å². The predicted octanol–water partition coefficient (Wildman–Crippen LogP) is 7.39.